The van der Waals surface area contributed by atoms with Gasteiger partial charge < -0.3 is 16.0 Å². The van der Waals surface area contributed by atoms with Crippen molar-refractivity contribution < 1.29 is 0 Å². The first kappa shape index (κ1) is 10.9. The van der Waals surface area contributed by atoms with Gasteiger partial charge >= 0.3 is 0 Å². The Morgan fingerprint density at radius 2 is 1.82 bits per heavy atom. The number of hydrogen-bond donors (Lipinski definition) is 2. The SMILES string of the molecule is CCCN1CCNCC1.CN. The maximum atomic E-state index is 4.50. The zero-order valence-electron chi connectivity index (χ0n) is 7.77. The number of nitrogens with two attached hydrogens (primary N) is 1. The Kier molecular flexibility index (Phi) is 7.89. The highest BCUT2D eigenvalue weighted by Crippen LogP contribution is 1.92. The third kappa shape index (κ3) is 5.18. The van der Waals surface area contributed by atoms with E-state index in [1.54, 1.807) is 0 Å². The Balaban J connectivity index is 0.000000461. The van der Waals surface area contributed by atoms with Gasteiger partial charge in [-0.1, -0.05) is 6.92 Å². The summed E-state index contributed by atoms with van der Waals surface area (Å²) in [7, 11) is 1.50. The van der Waals surface area contributed by atoms with E-state index in [1.807, 2.05) is 0 Å². The van der Waals surface area contributed by atoms with Crippen LogP contribution in [0.2, 0.25) is 0 Å². The molecule has 3 N–H and O–H groups in total. The highest BCUT2D eigenvalue weighted by atomic mass is 15.2. The smallest absolute Gasteiger partial charge is 0.0107 e. The third-order valence-corrected chi connectivity index (χ3v) is 1.75. The van der Waals surface area contributed by atoms with Gasteiger partial charge in [-0.05, 0) is 20.0 Å². The molecule has 1 saturated heterocycles. The van der Waals surface area contributed by atoms with Crippen LogP contribution >= 0.6 is 0 Å². The second kappa shape index (κ2) is 7.98. The molecule has 1 heterocycles. The van der Waals surface area contributed by atoms with E-state index in [-0.39, 0.29) is 0 Å². The second-order valence-corrected chi connectivity index (χ2v) is 2.59. The lowest BCUT2D eigenvalue weighted by Gasteiger charge is -2.26. The fourth-order valence-electron chi connectivity index (χ4n) is 1.25. The van der Waals surface area contributed by atoms with E-state index >= 15 is 0 Å². The Morgan fingerprint density at radius 3 is 2.27 bits per heavy atom. The lowest BCUT2D eigenvalue weighted by Crippen LogP contribution is -2.43. The van der Waals surface area contributed by atoms with Crippen LogP contribution in [0.5, 0.6) is 0 Å². The summed E-state index contributed by atoms with van der Waals surface area (Å²) in [5, 5.41) is 3.33. The monoisotopic (exact) mass is 159 g/mol. The van der Waals surface area contributed by atoms with Crippen molar-refractivity contribution in [3.05, 3.63) is 0 Å². The van der Waals surface area contributed by atoms with Gasteiger partial charge in [0.2, 0.25) is 0 Å². The van der Waals surface area contributed by atoms with Crippen LogP contribution in [0.25, 0.3) is 0 Å². The predicted molar refractivity (Wildman–Crippen MR) is 49.7 cm³/mol. The number of nitrogens with zero attached hydrogens (tertiary/aromatic N) is 1. The van der Waals surface area contributed by atoms with E-state index in [2.05, 4.69) is 22.9 Å². The molecule has 0 saturated carbocycles. The summed E-state index contributed by atoms with van der Waals surface area (Å²) in [4.78, 5) is 2.51. The van der Waals surface area contributed by atoms with Crippen LogP contribution in [0.1, 0.15) is 13.3 Å². The largest absolute Gasteiger partial charge is 0.333 e. The molecule has 0 unspecified atom stereocenters. The maximum absolute atomic E-state index is 4.50. The highest BCUT2D eigenvalue weighted by Gasteiger charge is 2.06. The summed E-state index contributed by atoms with van der Waals surface area (Å²) in [5.74, 6) is 0. The minimum Gasteiger partial charge on any atom is -0.333 e. The summed E-state index contributed by atoms with van der Waals surface area (Å²) in [6.45, 7) is 8.37. The first-order valence-corrected chi connectivity index (χ1v) is 4.44. The maximum Gasteiger partial charge on any atom is 0.0107 e. The minimum atomic E-state index is 1.18. The van der Waals surface area contributed by atoms with Gasteiger partial charge in [-0.3, -0.25) is 0 Å². The molecule has 0 aliphatic carbocycles. The average Bonchev–Trinajstić information content (AvgIpc) is 2.11. The Bertz CT molecular complexity index is 67.0. The zero-order chi connectivity index (χ0) is 8.53. The van der Waals surface area contributed by atoms with Gasteiger partial charge in [0.1, 0.15) is 0 Å². The van der Waals surface area contributed by atoms with E-state index < -0.39 is 0 Å². The Hall–Kier alpha value is -0.120. The Labute approximate surface area is 69.9 Å². The molecule has 11 heavy (non-hydrogen) atoms. The van der Waals surface area contributed by atoms with Crippen LogP contribution in [0.4, 0.5) is 0 Å². The minimum absolute atomic E-state index is 1.18. The van der Waals surface area contributed by atoms with Crippen molar-refractivity contribution in [3.63, 3.8) is 0 Å². The van der Waals surface area contributed by atoms with Crippen molar-refractivity contribution in [2.45, 2.75) is 13.3 Å². The van der Waals surface area contributed by atoms with Crippen LogP contribution in [0, 0.1) is 0 Å². The van der Waals surface area contributed by atoms with Crippen LogP contribution in [0.3, 0.4) is 0 Å². The van der Waals surface area contributed by atoms with E-state index in [9.17, 15) is 0 Å². The molecular weight excluding hydrogens is 138 g/mol. The Morgan fingerprint density at radius 1 is 1.27 bits per heavy atom. The molecule has 0 spiro atoms. The number of rotatable bonds is 2. The fraction of sp³-hybridized carbons (Fsp3) is 1.00. The molecule has 1 rings (SSSR count). The molecule has 1 aliphatic rings. The summed E-state index contributed by atoms with van der Waals surface area (Å²) < 4.78 is 0. The van der Waals surface area contributed by atoms with Crippen LogP contribution in [0.15, 0.2) is 0 Å². The number of nitrogens with one attached hydrogen (secondary N) is 1. The van der Waals surface area contributed by atoms with Crippen molar-refractivity contribution in [2.24, 2.45) is 5.73 Å². The first-order chi connectivity index (χ1) is 5.43. The van der Waals surface area contributed by atoms with Gasteiger partial charge in [0.25, 0.3) is 0 Å². The summed E-state index contributed by atoms with van der Waals surface area (Å²) >= 11 is 0. The van der Waals surface area contributed by atoms with E-state index in [0.29, 0.717) is 0 Å². The third-order valence-electron chi connectivity index (χ3n) is 1.75. The molecule has 0 radical (unpaired) electrons. The van der Waals surface area contributed by atoms with Crippen molar-refractivity contribution in [2.75, 3.05) is 39.8 Å². The molecule has 0 aromatic carbocycles. The predicted octanol–water partition coefficient (Wildman–Crippen LogP) is -0.123. The molecule has 1 aliphatic heterocycles. The van der Waals surface area contributed by atoms with Crippen LogP contribution in [-0.4, -0.2) is 44.7 Å². The molecule has 68 valence electrons. The lowest BCUT2D eigenvalue weighted by atomic mass is 10.3. The van der Waals surface area contributed by atoms with Gasteiger partial charge in [0.05, 0.1) is 0 Å². The molecule has 0 aromatic heterocycles. The van der Waals surface area contributed by atoms with E-state index in [4.69, 9.17) is 0 Å². The first-order valence-electron chi connectivity index (χ1n) is 4.44. The average molecular weight is 159 g/mol. The number of hydrogen-bond acceptors (Lipinski definition) is 3. The molecular formula is C8H21N3. The molecule has 0 bridgehead atoms. The molecule has 3 heteroatoms. The van der Waals surface area contributed by atoms with Crippen LogP contribution < -0.4 is 11.1 Å². The van der Waals surface area contributed by atoms with Gasteiger partial charge in [-0.15, -0.1) is 0 Å². The molecule has 0 atom stereocenters. The molecule has 0 aromatic rings. The van der Waals surface area contributed by atoms with Gasteiger partial charge in [-0.2, -0.15) is 0 Å². The van der Waals surface area contributed by atoms with Crippen molar-refractivity contribution in [1.29, 1.82) is 0 Å². The quantitative estimate of drug-likeness (QED) is 0.590. The second-order valence-electron chi connectivity index (χ2n) is 2.59. The van der Waals surface area contributed by atoms with E-state index in [1.165, 1.54) is 46.2 Å². The highest BCUT2D eigenvalue weighted by molar-refractivity contribution is 4.65. The van der Waals surface area contributed by atoms with Crippen LogP contribution in [-0.2, 0) is 0 Å². The summed E-state index contributed by atoms with van der Waals surface area (Å²) in [6, 6.07) is 0. The van der Waals surface area contributed by atoms with Gasteiger partial charge in [0, 0.05) is 26.2 Å². The topological polar surface area (TPSA) is 41.3 Å². The summed E-state index contributed by atoms with van der Waals surface area (Å²) in [5.41, 5.74) is 4.50. The van der Waals surface area contributed by atoms with Crippen molar-refractivity contribution in [3.8, 4) is 0 Å². The van der Waals surface area contributed by atoms with E-state index in [0.717, 1.165) is 0 Å². The normalized spacial score (nSPS) is 18.8. The standard InChI is InChI=1S/C7H16N2.CH5N/c1-2-5-9-6-3-8-4-7-9;1-2/h8H,2-7H2,1H3;2H2,1H3. The fourth-order valence-corrected chi connectivity index (χ4v) is 1.25. The molecule has 0 amide bonds. The van der Waals surface area contributed by atoms with Crippen molar-refractivity contribution in [1.82, 2.24) is 10.2 Å². The van der Waals surface area contributed by atoms with Gasteiger partial charge in [0.15, 0.2) is 0 Å². The molecule has 3 nitrogen and oxygen atoms in total. The zero-order valence-corrected chi connectivity index (χ0v) is 7.77. The molecule has 1 fully saturated rings. The van der Waals surface area contributed by atoms with Crippen molar-refractivity contribution >= 4 is 0 Å². The number of piperazine rings is 1. The van der Waals surface area contributed by atoms with Gasteiger partial charge in [-0.25, -0.2) is 0 Å². The lowest BCUT2D eigenvalue weighted by molar-refractivity contribution is 0.241. The summed E-state index contributed by atoms with van der Waals surface area (Å²) in [6.07, 6.45) is 1.29.